The van der Waals surface area contributed by atoms with Crippen molar-refractivity contribution in [2.75, 3.05) is 19.7 Å². The number of halogens is 3. The Bertz CT molecular complexity index is 1230. The molecule has 1 aromatic heterocycles. The largest absolute Gasteiger partial charge is 0.416 e. The lowest BCUT2D eigenvalue weighted by Crippen LogP contribution is -2.35. The fourth-order valence-electron chi connectivity index (χ4n) is 4.35. The number of imidazole rings is 1. The first kappa shape index (κ1) is 27.1. The van der Waals surface area contributed by atoms with E-state index in [-0.39, 0.29) is 12.6 Å². The fraction of sp³-hybridized carbons (Fsp3) is 0.429. The second-order valence-corrected chi connectivity index (χ2v) is 16.4. The lowest BCUT2D eigenvalue weighted by atomic mass is 10.1. The summed E-state index contributed by atoms with van der Waals surface area (Å²) in [5.74, 6) is 0.540. The normalized spacial score (nSPS) is 14.7. The number of carbonyl (C=O) groups excluding carboxylic acids is 1. The predicted molar refractivity (Wildman–Crippen MR) is 142 cm³/mol. The van der Waals surface area contributed by atoms with Crippen LogP contribution in [0.5, 0.6) is 0 Å². The summed E-state index contributed by atoms with van der Waals surface area (Å²) < 4.78 is 47.8. The Morgan fingerprint density at radius 1 is 1.00 bits per heavy atom. The van der Waals surface area contributed by atoms with Gasteiger partial charge in [-0.1, -0.05) is 43.9 Å². The summed E-state index contributed by atoms with van der Waals surface area (Å²) in [6.45, 7) is 9.14. The lowest BCUT2D eigenvalue weighted by Gasteiger charge is -2.26. The quantitative estimate of drug-likeness (QED) is 0.229. The Labute approximate surface area is 217 Å². The van der Waals surface area contributed by atoms with Crippen molar-refractivity contribution < 1.29 is 22.7 Å². The van der Waals surface area contributed by atoms with Gasteiger partial charge in [0.2, 0.25) is 0 Å². The summed E-state index contributed by atoms with van der Waals surface area (Å²) in [5.41, 5.74) is 1.37. The zero-order valence-electron chi connectivity index (χ0n) is 21.6. The zero-order chi connectivity index (χ0) is 26.6. The van der Waals surface area contributed by atoms with Crippen LogP contribution in [0.3, 0.4) is 0 Å². The Balaban J connectivity index is 1.66. The molecule has 1 aliphatic heterocycles. The average Bonchev–Trinajstić information content (AvgIpc) is 3.30. The SMILES string of the molecule is C[Si](C)(C)CCOCn1cc(-c2cccc(C(F)(F)F)c2)nc1-c1cccc(C(=O)N2CCCCC2)c1. The number of amides is 1. The molecule has 5 nitrogen and oxygen atoms in total. The van der Waals surface area contributed by atoms with Gasteiger partial charge in [0, 0.05) is 50.7 Å². The highest BCUT2D eigenvalue weighted by Crippen LogP contribution is 2.33. The van der Waals surface area contributed by atoms with Crippen molar-refractivity contribution in [2.24, 2.45) is 0 Å². The molecule has 0 bridgehead atoms. The van der Waals surface area contributed by atoms with Crippen LogP contribution >= 0.6 is 0 Å². The van der Waals surface area contributed by atoms with Crippen molar-refractivity contribution in [1.82, 2.24) is 14.5 Å². The van der Waals surface area contributed by atoms with Gasteiger partial charge >= 0.3 is 6.18 Å². The van der Waals surface area contributed by atoms with Crippen LogP contribution in [0.25, 0.3) is 22.6 Å². The van der Waals surface area contributed by atoms with E-state index < -0.39 is 19.8 Å². The lowest BCUT2D eigenvalue weighted by molar-refractivity contribution is -0.137. The van der Waals surface area contributed by atoms with E-state index in [1.54, 1.807) is 18.3 Å². The smallest absolute Gasteiger partial charge is 0.361 e. The summed E-state index contributed by atoms with van der Waals surface area (Å²) in [4.78, 5) is 19.7. The van der Waals surface area contributed by atoms with Crippen LogP contribution in [-0.2, 0) is 17.6 Å². The van der Waals surface area contributed by atoms with Gasteiger partial charge in [-0.3, -0.25) is 4.79 Å². The molecule has 0 unspecified atom stereocenters. The second-order valence-electron chi connectivity index (χ2n) is 10.8. The average molecular weight is 530 g/mol. The van der Waals surface area contributed by atoms with E-state index in [1.807, 2.05) is 27.7 Å². The summed E-state index contributed by atoms with van der Waals surface area (Å²) in [6, 6.07) is 13.5. The maximum absolute atomic E-state index is 13.3. The molecule has 0 atom stereocenters. The molecule has 1 fully saturated rings. The number of piperidine rings is 1. The van der Waals surface area contributed by atoms with Gasteiger partial charge in [0.05, 0.1) is 11.3 Å². The molecule has 3 aromatic rings. The monoisotopic (exact) mass is 529 g/mol. The molecule has 0 radical (unpaired) electrons. The van der Waals surface area contributed by atoms with Crippen molar-refractivity contribution in [3.8, 4) is 22.6 Å². The minimum atomic E-state index is -4.44. The van der Waals surface area contributed by atoms with Crippen molar-refractivity contribution >= 4 is 14.0 Å². The summed E-state index contributed by atoms with van der Waals surface area (Å²) in [5, 5.41) is 0. The van der Waals surface area contributed by atoms with Gasteiger partial charge in [-0.2, -0.15) is 13.2 Å². The van der Waals surface area contributed by atoms with Crippen molar-refractivity contribution in [2.45, 2.75) is 57.9 Å². The van der Waals surface area contributed by atoms with Crippen LogP contribution in [0.15, 0.2) is 54.7 Å². The van der Waals surface area contributed by atoms with E-state index in [1.165, 1.54) is 6.07 Å². The zero-order valence-corrected chi connectivity index (χ0v) is 22.6. The van der Waals surface area contributed by atoms with Crippen molar-refractivity contribution in [1.29, 1.82) is 0 Å². The van der Waals surface area contributed by atoms with Crippen LogP contribution in [0.1, 0.15) is 35.2 Å². The number of carbonyl (C=O) groups is 1. The number of benzene rings is 2. The Kier molecular flexibility index (Phi) is 8.23. The highest BCUT2D eigenvalue weighted by molar-refractivity contribution is 6.76. The van der Waals surface area contributed by atoms with Crippen LogP contribution in [-0.4, -0.2) is 48.1 Å². The van der Waals surface area contributed by atoms with E-state index >= 15 is 0 Å². The Morgan fingerprint density at radius 3 is 2.41 bits per heavy atom. The third kappa shape index (κ3) is 7.10. The van der Waals surface area contributed by atoms with Gasteiger partial charge in [-0.05, 0) is 49.6 Å². The van der Waals surface area contributed by atoms with Crippen molar-refractivity contribution in [3.05, 3.63) is 65.9 Å². The number of alkyl halides is 3. The molecule has 0 saturated carbocycles. The third-order valence-electron chi connectivity index (χ3n) is 6.50. The molecule has 0 aliphatic carbocycles. The molecule has 0 N–H and O–H groups in total. The molecular formula is C28H34F3N3O2Si. The number of rotatable bonds is 8. The van der Waals surface area contributed by atoms with Crippen LogP contribution in [0, 0.1) is 0 Å². The molecule has 2 heterocycles. The van der Waals surface area contributed by atoms with Gasteiger partial charge in [-0.15, -0.1) is 0 Å². The first-order valence-corrected chi connectivity index (χ1v) is 16.4. The van der Waals surface area contributed by atoms with Crippen LogP contribution < -0.4 is 0 Å². The topological polar surface area (TPSA) is 47.4 Å². The van der Waals surface area contributed by atoms with E-state index in [4.69, 9.17) is 9.72 Å². The molecule has 0 spiro atoms. The number of hydrogen-bond acceptors (Lipinski definition) is 3. The number of nitrogens with zero attached hydrogens (tertiary/aromatic N) is 3. The minimum absolute atomic E-state index is 0.0101. The first-order valence-electron chi connectivity index (χ1n) is 12.7. The standard InChI is InChI=1S/C28H34F3N3O2Si/c1-37(2,3)16-15-36-20-34-19-25(21-9-8-12-24(18-21)28(29,30)31)32-26(34)22-10-7-11-23(17-22)27(35)33-13-5-4-6-14-33/h7-12,17-19H,4-6,13-16,20H2,1-3H3. The van der Waals surface area contributed by atoms with E-state index in [0.29, 0.717) is 29.3 Å². The van der Waals surface area contributed by atoms with Crippen molar-refractivity contribution in [3.63, 3.8) is 0 Å². The second kappa shape index (κ2) is 11.2. The molecule has 1 aliphatic rings. The molecule has 4 rings (SSSR count). The number of hydrogen-bond donors (Lipinski definition) is 0. The Morgan fingerprint density at radius 2 is 1.70 bits per heavy atom. The van der Waals surface area contributed by atoms with Gasteiger partial charge in [0.15, 0.2) is 0 Å². The van der Waals surface area contributed by atoms with E-state index in [0.717, 1.165) is 56.1 Å². The molecule has 198 valence electrons. The number of ether oxygens (including phenoxy) is 1. The fourth-order valence-corrected chi connectivity index (χ4v) is 5.11. The van der Waals surface area contributed by atoms with Gasteiger partial charge < -0.3 is 14.2 Å². The summed E-state index contributed by atoms with van der Waals surface area (Å²) >= 11 is 0. The van der Waals surface area contributed by atoms with Gasteiger partial charge in [0.25, 0.3) is 5.91 Å². The molecule has 1 amide bonds. The molecular weight excluding hydrogens is 495 g/mol. The molecule has 1 saturated heterocycles. The first-order chi connectivity index (χ1) is 17.5. The predicted octanol–water partition coefficient (Wildman–Crippen LogP) is 7.17. The number of aromatic nitrogens is 2. The van der Waals surface area contributed by atoms with Crippen LogP contribution in [0.2, 0.25) is 25.7 Å². The maximum Gasteiger partial charge on any atom is 0.416 e. The van der Waals surface area contributed by atoms with Crippen LogP contribution in [0.4, 0.5) is 13.2 Å². The molecule has 9 heteroatoms. The van der Waals surface area contributed by atoms with E-state index in [2.05, 4.69) is 19.6 Å². The third-order valence-corrected chi connectivity index (χ3v) is 8.20. The summed E-state index contributed by atoms with van der Waals surface area (Å²) in [6.07, 6.45) is 0.427. The van der Waals surface area contributed by atoms with Gasteiger partial charge in [0.1, 0.15) is 12.6 Å². The summed E-state index contributed by atoms with van der Waals surface area (Å²) in [7, 11) is -1.28. The Hall–Kier alpha value is -2.91. The van der Waals surface area contributed by atoms with E-state index in [9.17, 15) is 18.0 Å². The highest BCUT2D eigenvalue weighted by Gasteiger charge is 2.30. The molecule has 2 aromatic carbocycles. The van der Waals surface area contributed by atoms with Gasteiger partial charge in [-0.25, -0.2) is 4.98 Å². The number of likely N-dealkylation sites (tertiary alicyclic amines) is 1. The highest BCUT2D eigenvalue weighted by atomic mass is 28.3. The molecule has 37 heavy (non-hydrogen) atoms. The minimum Gasteiger partial charge on any atom is -0.361 e. The maximum atomic E-state index is 13.3.